The normalized spacial score (nSPS) is 16.9. The zero-order valence-corrected chi connectivity index (χ0v) is 21.6. The van der Waals surface area contributed by atoms with Crippen LogP contribution in [0, 0.1) is 11.8 Å². The summed E-state index contributed by atoms with van der Waals surface area (Å²) >= 11 is 0. The third-order valence-corrected chi connectivity index (χ3v) is 7.39. The SMILES string of the molecule is CC#CCn1c(N2CCCC(N)C2)nc2c1c(=O)n(CC1=Nc3ccccc3Cn3cccc31)c(=O)n2C. The van der Waals surface area contributed by atoms with Crippen LogP contribution in [0.2, 0.25) is 0 Å². The van der Waals surface area contributed by atoms with Gasteiger partial charge in [-0.2, -0.15) is 4.98 Å². The number of imidazole rings is 1. The van der Waals surface area contributed by atoms with E-state index in [1.54, 1.807) is 14.0 Å². The summed E-state index contributed by atoms with van der Waals surface area (Å²) in [6, 6.07) is 11.9. The van der Waals surface area contributed by atoms with Crippen molar-refractivity contribution < 1.29 is 0 Å². The Morgan fingerprint density at radius 2 is 1.97 bits per heavy atom. The molecule has 0 amide bonds. The van der Waals surface area contributed by atoms with Crippen molar-refractivity contribution >= 4 is 28.5 Å². The molecule has 2 N–H and O–H groups in total. The van der Waals surface area contributed by atoms with Crippen LogP contribution < -0.4 is 21.9 Å². The highest BCUT2D eigenvalue weighted by molar-refractivity contribution is 6.01. The largest absolute Gasteiger partial charge is 0.342 e. The molecule has 4 aromatic rings. The number of rotatable bonds is 4. The van der Waals surface area contributed by atoms with E-state index in [1.165, 1.54) is 9.13 Å². The van der Waals surface area contributed by atoms with E-state index in [1.807, 2.05) is 47.2 Å². The summed E-state index contributed by atoms with van der Waals surface area (Å²) in [5.74, 6) is 6.62. The molecule has 10 nitrogen and oxygen atoms in total. The van der Waals surface area contributed by atoms with Crippen LogP contribution >= 0.6 is 0 Å². The highest BCUT2D eigenvalue weighted by Gasteiger charge is 2.27. The van der Waals surface area contributed by atoms with E-state index in [9.17, 15) is 9.59 Å². The minimum atomic E-state index is -0.436. The first-order chi connectivity index (χ1) is 18.5. The molecule has 2 aliphatic rings. The van der Waals surface area contributed by atoms with Crippen molar-refractivity contribution in [3.05, 3.63) is 74.7 Å². The number of nitrogens with two attached hydrogens (primary N) is 1. The highest BCUT2D eigenvalue weighted by atomic mass is 16.2. The van der Waals surface area contributed by atoms with Crippen LogP contribution in [0.15, 0.2) is 57.2 Å². The van der Waals surface area contributed by atoms with E-state index in [2.05, 4.69) is 21.3 Å². The van der Waals surface area contributed by atoms with Crippen molar-refractivity contribution in [3.8, 4) is 11.8 Å². The maximum Gasteiger partial charge on any atom is 0.332 e. The standard InChI is InChI=1S/C28H30N8O2/c1-3-4-15-35-24-25(31-27(35)34-14-7-10-20(29)17-34)32(2)28(38)36(26(24)37)18-22-23-12-8-13-33(23)16-19-9-5-6-11-21(19)30-22/h5-6,8-9,11-13,20H,7,10,14-18,29H2,1-2H3. The van der Waals surface area contributed by atoms with Gasteiger partial charge in [-0.15, -0.1) is 5.92 Å². The van der Waals surface area contributed by atoms with E-state index in [4.69, 9.17) is 15.7 Å². The van der Waals surface area contributed by atoms with Crippen molar-refractivity contribution in [2.24, 2.45) is 17.8 Å². The Labute approximate surface area is 219 Å². The van der Waals surface area contributed by atoms with Crippen LogP contribution in [-0.4, -0.2) is 48.1 Å². The number of piperidine rings is 1. The Kier molecular flexibility index (Phi) is 6.00. The zero-order chi connectivity index (χ0) is 26.4. The lowest BCUT2D eigenvalue weighted by Crippen LogP contribution is -2.44. The van der Waals surface area contributed by atoms with E-state index < -0.39 is 11.2 Å². The van der Waals surface area contributed by atoms with Gasteiger partial charge in [0.15, 0.2) is 11.2 Å². The molecule has 6 rings (SSSR count). The number of hydrogen-bond donors (Lipinski definition) is 1. The fourth-order valence-corrected chi connectivity index (χ4v) is 5.46. The molecule has 10 heteroatoms. The maximum absolute atomic E-state index is 14.0. The molecule has 1 saturated heterocycles. The molecule has 5 heterocycles. The van der Waals surface area contributed by atoms with Gasteiger partial charge < -0.3 is 15.2 Å². The predicted molar refractivity (Wildman–Crippen MR) is 148 cm³/mol. The monoisotopic (exact) mass is 510 g/mol. The van der Waals surface area contributed by atoms with Gasteiger partial charge in [-0.25, -0.2) is 9.79 Å². The van der Waals surface area contributed by atoms with Gasteiger partial charge in [-0.1, -0.05) is 24.1 Å². The number of benzene rings is 1. The number of para-hydroxylation sites is 1. The quantitative estimate of drug-likeness (QED) is 0.422. The fraction of sp³-hybridized carbons (Fsp3) is 0.357. The lowest BCUT2D eigenvalue weighted by molar-refractivity contribution is 0.496. The summed E-state index contributed by atoms with van der Waals surface area (Å²) < 4.78 is 6.63. The average Bonchev–Trinajstić information content (AvgIpc) is 3.50. The Morgan fingerprint density at radius 1 is 1.13 bits per heavy atom. The Balaban J connectivity index is 1.53. The van der Waals surface area contributed by atoms with Gasteiger partial charge in [0.1, 0.15) is 0 Å². The number of fused-ring (bicyclic) bond motifs is 3. The van der Waals surface area contributed by atoms with Crippen LogP contribution in [0.1, 0.15) is 31.0 Å². The highest BCUT2D eigenvalue weighted by Crippen LogP contribution is 2.26. The molecule has 1 aromatic carbocycles. The van der Waals surface area contributed by atoms with Crippen molar-refractivity contribution in [3.63, 3.8) is 0 Å². The molecule has 0 aliphatic carbocycles. The Bertz CT molecular complexity index is 1760. The third-order valence-electron chi connectivity index (χ3n) is 7.39. The second-order valence-electron chi connectivity index (χ2n) is 9.89. The van der Waals surface area contributed by atoms with Crippen LogP contribution in [0.4, 0.5) is 11.6 Å². The fourth-order valence-electron chi connectivity index (χ4n) is 5.46. The van der Waals surface area contributed by atoms with E-state index >= 15 is 0 Å². The molecule has 0 spiro atoms. The van der Waals surface area contributed by atoms with Crippen molar-refractivity contribution in [1.29, 1.82) is 0 Å². The van der Waals surface area contributed by atoms with Crippen LogP contribution in [0.5, 0.6) is 0 Å². The summed E-state index contributed by atoms with van der Waals surface area (Å²) in [5, 5.41) is 0. The van der Waals surface area contributed by atoms with E-state index in [0.29, 0.717) is 42.5 Å². The molecule has 1 atom stereocenters. The number of aliphatic imine (C=N–C) groups is 1. The van der Waals surface area contributed by atoms with Gasteiger partial charge in [0.05, 0.1) is 30.2 Å². The Morgan fingerprint density at radius 3 is 2.79 bits per heavy atom. The predicted octanol–water partition coefficient (Wildman–Crippen LogP) is 1.83. The minimum Gasteiger partial charge on any atom is -0.342 e. The zero-order valence-electron chi connectivity index (χ0n) is 21.6. The molecule has 1 unspecified atom stereocenters. The molecule has 2 aliphatic heterocycles. The van der Waals surface area contributed by atoms with E-state index in [-0.39, 0.29) is 12.6 Å². The molecule has 1 fully saturated rings. The summed E-state index contributed by atoms with van der Waals surface area (Å²) in [6.45, 7) is 4.18. The molecule has 194 valence electrons. The second-order valence-corrected chi connectivity index (χ2v) is 9.89. The molecule has 0 saturated carbocycles. The average molecular weight is 511 g/mol. The van der Waals surface area contributed by atoms with Gasteiger partial charge in [-0.05, 0) is 43.5 Å². The van der Waals surface area contributed by atoms with Crippen molar-refractivity contribution in [2.75, 3.05) is 18.0 Å². The van der Waals surface area contributed by atoms with Gasteiger partial charge in [0.25, 0.3) is 5.56 Å². The van der Waals surface area contributed by atoms with E-state index in [0.717, 1.165) is 36.3 Å². The van der Waals surface area contributed by atoms with Crippen LogP contribution in [0.3, 0.4) is 0 Å². The molecular formula is C28H30N8O2. The maximum atomic E-state index is 14.0. The molecule has 38 heavy (non-hydrogen) atoms. The minimum absolute atomic E-state index is 0.0297. The molecular weight excluding hydrogens is 480 g/mol. The summed E-state index contributed by atoms with van der Waals surface area (Å²) in [4.78, 5) is 39.4. The number of nitrogens with zero attached hydrogens (tertiary/aromatic N) is 7. The van der Waals surface area contributed by atoms with Gasteiger partial charge in [0, 0.05) is 38.9 Å². The number of anilines is 1. The summed E-state index contributed by atoms with van der Waals surface area (Å²) in [6.07, 6.45) is 3.88. The lowest BCUT2D eigenvalue weighted by Gasteiger charge is -2.31. The molecule has 0 radical (unpaired) electrons. The van der Waals surface area contributed by atoms with Crippen molar-refractivity contribution in [2.45, 2.75) is 45.4 Å². The lowest BCUT2D eigenvalue weighted by atomic mass is 10.1. The summed E-state index contributed by atoms with van der Waals surface area (Å²) in [7, 11) is 1.65. The first-order valence-electron chi connectivity index (χ1n) is 12.9. The molecule has 3 aromatic heterocycles. The van der Waals surface area contributed by atoms with Gasteiger partial charge >= 0.3 is 5.69 Å². The number of hydrogen-bond acceptors (Lipinski definition) is 6. The Hall–Kier alpha value is -4.36. The topological polar surface area (TPSA) is 108 Å². The van der Waals surface area contributed by atoms with Gasteiger partial charge in [0.2, 0.25) is 5.95 Å². The van der Waals surface area contributed by atoms with Gasteiger partial charge in [-0.3, -0.25) is 18.5 Å². The third kappa shape index (κ3) is 3.96. The smallest absolute Gasteiger partial charge is 0.332 e. The summed E-state index contributed by atoms with van der Waals surface area (Å²) in [5.41, 5.74) is 9.56. The van der Waals surface area contributed by atoms with Crippen molar-refractivity contribution in [1.82, 2.24) is 23.3 Å². The van der Waals surface area contributed by atoms with Crippen LogP contribution in [-0.2, 0) is 26.7 Å². The number of aromatic nitrogens is 5. The first kappa shape index (κ1) is 24.0. The first-order valence-corrected chi connectivity index (χ1v) is 12.9. The number of aryl methyl sites for hydroxylation is 1. The van der Waals surface area contributed by atoms with Crippen LogP contribution in [0.25, 0.3) is 11.2 Å². The second kappa shape index (κ2) is 9.50. The molecule has 0 bridgehead atoms.